The summed E-state index contributed by atoms with van der Waals surface area (Å²) in [6.45, 7) is 3.90. The van der Waals surface area contributed by atoms with Gasteiger partial charge in [-0.3, -0.25) is 4.79 Å². The van der Waals surface area contributed by atoms with Crippen LogP contribution in [-0.4, -0.2) is 26.7 Å². The van der Waals surface area contributed by atoms with Gasteiger partial charge in [0.25, 0.3) is 5.91 Å². The topological polar surface area (TPSA) is 80.6 Å². The van der Waals surface area contributed by atoms with Crippen LogP contribution in [0.3, 0.4) is 0 Å². The Morgan fingerprint density at radius 3 is 2.59 bits per heavy atom. The maximum Gasteiger partial charge on any atom is 0.266 e. The summed E-state index contributed by atoms with van der Waals surface area (Å²) in [7, 11) is 2.90. The normalized spacial score (nSPS) is 10.7. The third-order valence-corrected chi connectivity index (χ3v) is 4.50. The number of anilines is 1. The van der Waals surface area contributed by atoms with E-state index in [-0.39, 0.29) is 5.57 Å². The lowest BCUT2D eigenvalue weighted by Crippen LogP contribution is -2.14. The van der Waals surface area contributed by atoms with Crippen molar-refractivity contribution in [3.05, 3.63) is 63.6 Å². The number of nitrogens with zero attached hydrogens (tertiary/aromatic N) is 1. The molecule has 1 N–H and O–H groups in total. The van der Waals surface area contributed by atoms with E-state index in [2.05, 4.69) is 27.8 Å². The molecule has 0 aliphatic rings. The summed E-state index contributed by atoms with van der Waals surface area (Å²) in [5, 5.41) is 12.5. The van der Waals surface area contributed by atoms with Crippen LogP contribution in [0.2, 0.25) is 5.02 Å². The van der Waals surface area contributed by atoms with Crippen molar-refractivity contribution in [2.45, 2.75) is 0 Å². The highest BCUT2D eigenvalue weighted by atomic mass is 79.9. The molecule has 0 saturated carbocycles. The Morgan fingerprint density at radius 2 is 1.97 bits per heavy atom. The SMILES string of the molecule is C=CCOc1ccc(Br)cc1/C=C(\C#N)C(=O)Nc1cc(OC)c(Cl)cc1OC. The van der Waals surface area contributed by atoms with Crippen LogP contribution in [0, 0.1) is 11.3 Å². The lowest BCUT2D eigenvalue weighted by atomic mass is 10.1. The first kappa shape index (κ1) is 22.3. The molecule has 8 heteroatoms. The molecule has 0 unspecified atom stereocenters. The van der Waals surface area contributed by atoms with E-state index in [0.717, 1.165) is 4.47 Å². The molecule has 0 radical (unpaired) electrons. The van der Waals surface area contributed by atoms with Gasteiger partial charge in [0.05, 0.1) is 24.9 Å². The van der Waals surface area contributed by atoms with E-state index in [0.29, 0.717) is 40.1 Å². The van der Waals surface area contributed by atoms with Gasteiger partial charge >= 0.3 is 0 Å². The molecule has 150 valence electrons. The molecule has 0 aliphatic carbocycles. The minimum absolute atomic E-state index is 0.123. The van der Waals surface area contributed by atoms with Crippen LogP contribution in [0.5, 0.6) is 17.2 Å². The minimum atomic E-state index is -0.621. The average molecular weight is 478 g/mol. The third-order valence-electron chi connectivity index (χ3n) is 3.72. The van der Waals surface area contributed by atoms with Crippen LogP contribution in [0.1, 0.15) is 5.56 Å². The number of benzene rings is 2. The zero-order valence-corrected chi connectivity index (χ0v) is 18.1. The van der Waals surface area contributed by atoms with E-state index < -0.39 is 5.91 Å². The van der Waals surface area contributed by atoms with Crippen LogP contribution >= 0.6 is 27.5 Å². The van der Waals surface area contributed by atoms with Crippen molar-refractivity contribution in [3.8, 4) is 23.3 Å². The summed E-state index contributed by atoms with van der Waals surface area (Å²) in [4.78, 5) is 12.7. The standard InChI is InChI=1S/C21H18BrClN2O4/c1-4-7-29-18-6-5-15(22)9-13(18)8-14(12-24)21(26)25-17-11-19(27-2)16(23)10-20(17)28-3/h4-6,8-11H,1,7H2,2-3H3,(H,25,26)/b14-8+. The van der Waals surface area contributed by atoms with Gasteiger partial charge in [0.2, 0.25) is 0 Å². The zero-order valence-electron chi connectivity index (χ0n) is 15.8. The fourth-order valence-corrected chi connectivity index (χ4v) is 2.97. The Balaban J connectivity index is 2.39. The van der Waals surface area contributed by atoms with Gasteiger partial charge in [0, 0.05) is 22.2 Å². The molecule has 2 rings (SSSR count). The lowest BCUT2D eigenvalue weighted by molar-refractivity contribution is -0.112. The maximum absolute atomic E-state index is 12.7. The van der Waals surface area contributed by atoms with Gasteiger partial charge in [0.1, 0.15) is 35.5 Å². The molecular formula is C21H18BrClN2O4. The molecule has 2 aromatic rings. The number of rotatable bonds is 8. The Kier molecular flexibility index (Phi) is 8.13. The number of hydrogen-bond donors (Lipinski definition) is 1. The predicted molar refractivity (Wildman–Crippen MR) is 117 cm³/mol. The van der Waals surface area contributed by atoms with Crippen LogP contribution in [-0.2, 0) is 4.79 Å². The maximum atomic E-state index is 12.7. The summed E-state index contributed by atoms with van der Waals surface area (Å²) in [5.74, 6) is 0.584. The van der Waals surface area contributed by atoms with Crippen LogP contribution in [0.4, 0.5) is 5.69 Å². The van der Waals surface area contributed by atoms with Crippen LogP contribution in [0.25, 0.3) is 6.08 Å². The molecule has 0 atom stereocenters. The summed E-state index contributed by atoms with van der Waals surface area (Å²) >= 11 is 9.46. The van der Waals surface area contributed by atoms with Gasteiger partial charge in [-0.05, 0) is 24.3 Å². The van der Waals surface area contributed by atoms with Crippen molar-refractivity contribution in [1.29, 1.82) is 5.26 Å². The van der Waals surface area contributed by atoms with Crippen molar-refractivity contribution in [2.75, 3.05) is 26.1 Å². The molecule has 0 aromatic heterocycles. The number of carbonyl (C=O) groups excluding carboxylic acids is 1. The molecule has 0 spiro atoms. The third kappa shape index (κ3) is 5.76. The van der Waals surface area contributed by atoms with Crippen molar-refractivity contribution in [3.63, 3.8) is 0 Å². The number of ether oxygens (including phenoxy) is 3. The van der Waals surface area contributed by atoms with Crippen molar-refractivity contribution < 1.29 is 19.0 Å². The molecule has 1 amide bonds. The number of nitriles is 1. The van der Waals surface area contributed by atoms with Crippen LogP contribution in [0.15, 0.2) is 53.0 Å². The van der Waals surface area contributed by atoms with E-state index in [4.69, 9.17) is 25.8 Å². The molecular weight excluding hydrogens is 460 g/mol. The highest BCUT2D eigenvalue weighted by Gasteiger charge is 2.16. The molecule has 0 bridgehead atoms. The largest absolute Gasteiger partial charge is 0.495 e. The van der Waals surface area contributed by atoms with E-state index >= 15 is 0 Å². The fraction of sp³-hybridized carbons (Fsp3) is 0.143. The number of amides is 1. The van der Waals surface area contributed by atoms with Gasteiger partial charge in [-0.15, -0.1) is 0 Å². The first-order chi connectivity index (χ1) is 13.9. The van der Waals surface area contributed by atoms with Gasteiger partial charge in [-0.1, -0.05) is 40.2 Å². The number of methoxy groups -OCH3 is 2. The van der Waals surface area contributed by atoms with Gasteiger partial charge in [-0.2, -0.15) is 5.26 Å². The number of hydrogen-bond acceptors (Lipinski definition) is 5. The molecule has 0 fully saturated rings. The minimum Gasteiger partial charge on any atom is -0.495 e. The first-order valence-corrected chi connectivity index (χ1v) is 9.48. The second kappa shape index (κ2) is 10.6. The van der Waals surface area contributed by atoms with Crippen molar-refractivity contribution in [1.82, 2.24) is 0 Å². The van der Waals surface area contributed by atoms with Crippen LogP contribution < -0.4 is 19.5 Å². The van der Waals surface area contributed by atoms with E-state index in [1.54, 1.807) is 24.3 Å². The molecule has 0 heterocycles. The highest BCUT2D eigenvalue weighted by Crippen LogP contribution is 2.36. The Labute approximate surface area is 182 Å². The van der Waals surface area contributed by atoms with E-state index in [9.17, 15) is 10.1 Å². The predicted octanol–water partition coefficient (Wildman–Crippen LogP) is 5.23. The number of carbonyl (C=O) groups is 1. The average Bonchev–Trinajstić information content (AvgIpc) is 2.72. The lowest BCUT2D eigenvalue weighted by Gasteiger charge is -2.13. The smallest absolute Gasteiger partial charge is 0.266 e. The van der Waals surface area contributed by atoms with Gasteiger partial charge in [-0.25, -0.2) is 0 Å². The zero-order chi connectivity index (χ0) is 21.4. The summed E-state index contributed by atoms with van der Waals surface area (Å²) in [6, 6.07) is 10.2. The van der Waals surface area contributed by atoms with Gasteiger partial charge < -0.3 is 19.5 Å². The second-order valence-corrected chi connectivity index (χ2v) is 6.92. The molecule has 6 nitrogen and oxygen atoms in total. The number of halogens is 2. The van der Waals surface area contributed by atoms with Crippen molar-refractivity contribution >= 4 is 45.2 Å². The summed E-state index contributed by atoms with van der Waals surface area (Å²) in [5.41, 5.74) is 0.758. The van der Waals surface area contributed by atoms with E-state index in [1.807, 2.05) is 6.07 Å². The Bertz CT molecular complexity index is 999. The molecule has 0 aliphatic heterocycles. The number of nitrogens with one attached hydrogen (secondary N) is 1. The quantitative estimate of drug-likeness (QED) is 0.320. The molecule has 29 heavy (non-hydrogen) atoms. The monoisotopic (exact) mass is 476 g/mol. The summed E-state index contributed by atoms with van der Waals surface area (Å²) in [6.07, 6.45) is 3.05. The Morgan fingerprint density at radius 1 is 1.24 bits per heavy atom. The van der Waals surface area contributed by atoms with E-state index in [1.165, 1.54) is 32.4 Å². The highest BCUT2D eigenvalue weighted by molar-refractivity contribution is 9.10. The summed E-state index contributed by atoms with van der Waals surface area (Å²) < 4.78 is 16.8. The molecule has 2 aromatic carbocycles. The first-order valence-electron chi connectivity index (χ1n) is 8.31. The molecule has 0 saturated heterocycles. The fourth-order valence-electron chi connectivity index (χ4n) is 2.36. The van der Waals surface area contributed by atoms with Gasteiger partial charge in [0.15, 0.2) is 0 Å². The van der Waals surface area contributed by atoms with Crippen molar-refractivity contribution in [2.24, 2.45) is 0 Å². The second-order valence-electron chi connectivity index (χ2n) is 5.59. The Hall–Kier alpha value is -2.95.